The molecular formula is C10H11NO5. The van der Waals surface area contributed by atoms with Crippen molar-refractivity contribution in [3.05, 3.63) is 23.8 Å². The minimum Gasteiger partial charge on any atom is -0.465 e. The summed E-state index contributed by atoms with van der Waals surface area (Å²) in [4.78, 5) is 10.5. The van der Waals surface area contributed by atoms with Gasteiger partial charge >= 0.3 is 6.09 Å². The lowest BCUT2D eigenvalue weighted by Crippen LogP contribution is -2.29. The standard InChI is InChI=1S/C10H11NO5/c12-4-7(11-10(13)14)6-2-1-3-8-9(6)16-5-15-8/h1-3,7,11-12H,4-5H2,(H,13,14). The summed E-state index contributed by atoms with van der Waals surface area (Å²) in [6.45, 7) is -0.232. The molecule has 0 radical (unpaired) electrons. The Morgan fingerprint density at radius 3 is 3.00 bits per heavy atom. The summed E-state index contributed by atoms with van der Waals surface area (Å²) >= 11 is 0. The van der Waals surface area contributed by atoms with Crippen molar-refractivity contribution in [2.45, 2.75) is 6.04 Å². The van der Waals surface area contributed by atoms with Crippen molar-refractivity contribution in [3.8, 4) is 11.5 Å². The molecule has 16 heavy (non-hydrogen) atoms. The third kappa shape index (κ3) is 1.87. The predicted octanol–water partition coefficient (Wildman–Crippen LogP) is 0.716. The van der Waals surface area contributed by atoms with Crippen molar-refractivity contribution in [1.29, 1.82) is 0 Å². The van der Waals surface area contributed by atoms with Crippen molar-refractivity contribution in [2.75, 3.05) is 13.4 Å². The van der Waals surface area contributed by atoms with Crippen LogP contribution in [0.15, 0.2) is 18.2 Å². The van der Waals surface area contributed by atoms with Crippen LogP contribution in [0.1, 0.15) is 11.6 Å². The maximum absolute atomic E-state index is 10.5. The van der Waals surface area contributed by atoms with Crippen LogP contribution in [0, 0.1) is 0 Å². The number of rotatable bonds is 3. The summed E-state index contributed by atoms with van der Waals surface area (Å²) in [5, 5.41) is 20.0. The van der Waals surface area contributed by atoms with Gasteiger partial charge in [0.2, 0.25) is 6.79 Å². The zero-order valence-electron chi connectivity index (χ0n) is 8.34. The number of para-hydroxylation sites is 1. The first kappa shape index (κ1) is 10.6. The number of nitrogens with one attached hydrogen (secondary N) is 1. The summed E-state index contributed by atoms with van der Waals surface area (Å²) in [5.74, 6) is 1.04. The van der Waals surface area contributed by atoms with Crippen molar-refractivity contribution >= 4 is 6.09 Å². The van der Waals surface area contributed by atoms with Crippen LogP contribution in [-0.4, -0.2) is 29.7 Å². The molecule has 0 bridgehead atoms. The van der Waals surface area contributed by atoms with E-state index in [4.69, 9.17) is 19.7 Å². The van der Waals surface area contributed by atoms with Crippen molar-refractivity contribution in [2.24, 2.45) is 0 Å². The lowest BCUT2D eigenvalue weighted by Gasteiger charge is -2.16. The number of carboxylic acid groups (broad SMARTS) is 1. The van der Waals surface area contributed by atoms with E-state index in [2.05, 4.69) is 5.32 Å². The van der Waals surface area contributed by atoms with E-state index in [9.17, 15) is 4.79 Å². The van der Waals surface area contributed by atoms with Crippen LogP contribution in [0.2, 0.25) is 0 Å². The Kier molecular flexibility index (Phi) is 2.82. The van der Waals surface area contributed by atoms with Gasteiger partial charge in [-0.1, -0.05) is 12.1 Å². The molecule has 6 nitrogen and oxygen atoms in total. The molecule has 0 saturated heterocycles. The van der Waals surface area contributed by atoms with E-state index in [1.165, 1.54) is 0 Å². The molecule has 1 amide bonds. The van der Waals surface area contributed by atoms with E-state index in [-0.39, 0.29) is 13.4 Å². The van der Waals surface area contributed by atoms with Gasteiger partial charge in [-0.15, -0.1) is 0 Å². The monoisotopic (exact) mass is 225 g/mol. The van der Waals surface area contributed by atoms with Crippen molar-refractivity contribution in [3.63, 3.8) is 0 Å². The molecule has 6 heteroatoms. The Morgan fingerprint density at radius 2 is 2.31 bits per heavy atom. The van der Waals surface area contributed by atoms with Crippen LogP contribution in [0.5, 0.6) is 11.5 Å². The van der Waals surface area contributed by atoms with Gasteiger partial charge in [-0.25, -0.2) is 4.79 Å². The minimum atomic E-state index is -1.20. The molecule has 0 aromatic heterocycles. The number of ether oxygens (including phenoxy) is 2. The Hall–Kier alpha value is -1.95. The Balaban J connectivity index is 2.31. The highest BCUT2D eigenvalue weighted by molar-refractivity contribution is 5.66. The Morgan fingerprint density at radius 1 is 1.50 bits per heavy atom. The van der Waals surface area contributed by atoms with Crippen LogP contribution >= 0.6 is 0 Å². The molecule has 86 valence electrons. The second-order valence-corrected chi connectivity index (χ2v) is 3.27. The molecule has 0 aliphatic carbocycles. The van der Waals surface area contributed by atoms with Gasteiger partial charge in [0, 0.05) is 5.56 Å². The maximum atomic E-state index is 10.5. The zero-order valence-corrected chi connectivity index (χ0v) is 8.34. The molecule has 0 saturated carbocycles. The highest BCUT2D eigenvalue weighted by Crippen LogP contribution is 2.38. The number of benzene rings is 1. The summed E-state index contributed by atoms with van der Waals surface area (Å²) < 4.78 is 10.4. The van der Waals surface area contributed by atoms with Gasteiger partial charge in [0.15, 0.2) is 11.5 Å². The lowest BCUT2D eigenvalue weighted by molar-refractivity contribution is 0.168. The van der Waals surface area contributed by atoms with E-state index in [0.29, 0.717) is 17.1 Å². The summed E-state index contributed by atoms with van der Waals surface area (Å²) in [5.41, 5.74) is 0.569. The number of hydrogen-bond acceptors (Lipinski definition) is 4. The second kappa shape index (κ2) is 4.28. The number of fused-ring (bicyclic) bond motifs is 1. The summed E-state index contributed by atoms with van der Waals surface area (Å²) in [6.07, 6.45) is -1.20. The summed E-state index contributed by atoms with van der Waals surface area (Å²) in [6, 6.07) is 4.41. The van der Waals surface area contributed by atoms with Gasteiger partial charge in [0.1, 0.15) is 0 Å². The maximum Gasteiger partial charge on any atom is 0.405 e. The SMILES string of the molecule is O=C(O)NC(CO)c1cccc2c1OCO2. The third-order valence-electron chi connectivity index (χ3n) is 2.28. The largest absolute Gasteiger partial charge is 0.465 e. The van der Waals surface area contributed by atoms with Crippen LogP contribution in [0.3, 0.4) is 0 Å². The number of carbonyl (C=O) groups is 1. The number of amides is 1. The lowest BCUT2D eigenvalue weighted by atomic mass is 10.1. The second-order valence-electron chi connectivity index (χ2n) is 3.27. The first-order valence-electron chi connectivity index (χ1n) is 4.71. The first-order chi connectivity index (χ1) is 7.72. The fraction of sp³-hybridized carbons (Fsp3) is 0.300. The zero-order chi connectivity index (χ0) is 11.5. The smallest absolute Gasteiger partial charge is 0.405 e. The van der Waals surface area contributed by atoms with Crippen LogP contribution in [0.25, 0.3) is 0 Å². The fourth-order valence-corrected chi connectivity index (χ4v) is 1.60. The third-order valence-corrected chi connectivity index (χ3v) is 2.28. The van der Waals surface area contributed by atoms with E-state index >= 15 is 0 Å². The Labute approximate surface area is 91.4 Å². The number of aliphatic hydroxyl groups excluding tert-OH is 1. The minimum absolute atomic E-state index is 0.109. The van der Waals surface area contributed by atoms with Crippen LogP contribution in [-0.2, 0) is 0 Å². The summed E-state index contributed by atoms with van der Waals surface area (Å²) in [7, 11) is 0. The molecule has 0 spiro atoms. The molecular weight excluding hydrogens is 214 g/mol. The molecule has 1 aromatic rings. The van der Waals surface area contributed by atoms with Crippen molar-refractivity contribution < 1.29 is 24.5 Å². The quantitative estimate of drug-likeness (QED) is 0.705. The topological polar surface area (TPSA) is 88.0 Å². The molecule has 1 aromatic carbocycles. The molecule has 1 aliphatic rings. The van der Waals surface area contributed by atoms with Gasteiger partial charge in [-0.05, 0) is 6.07 Å². The first-order valence-corrected chi connectivity index (χ1v) is 4.71. The number of aliphatic hydroxyl groups is 1. The van der Waals surface area contributed by atoms with Gasteiger partial charge in [-0.3, -0.25) is 0 Å². The molecule has 1 heterocycles. The van der Waals surface area contributed by atoms with E-state index in [1.54, 1.807) is 18.2 Å². The van der Waals surface area contributed by atoms with E-state index < -0.39 is 12.1 Å². The van der Waals surface area contributed by atoms with E-state index in [0.717, 1.165) is 0 Å². The highest BCUT2D eigenvalue weighted by atomic mass is 16.7. The van der Waals surface area contributed by atoms with E-state index in [1.807, 2.05) is 0 Å². The average Bonchev–Trinajstić information content (AvgIpc) is 2.73. The van der Waals surface area contributed by atoms with Crippen LogP contribution < -0.4 is 14.8 Å². The fourth-order valence-electron chi connectivity index (χ4n) is 1.60. The molecule has 1 unspecified atom stereocenters. The Bertz CT molecular complexity index is 406. The molecule has 3 N–H and O–H groups in total. The normalized spacial score (nSPS) is 14.6. The van der Waals surface area contributed by atoms with Gasteiger partial charge in [0.25, 0.3) is 0 Å². The predicted molar refractivity (Wildman–Crippen MR) is 53.6 cm³/mol. The average molecular weight is 225 g/mol. The van der Waals surface area contributed by atoms with Crippen molar-refractivity contribution in [1.82, 2.24) is 5.32 Å². The van der Waals surface area contributed by atoms with Gasteiger partial charge in [-0.2, -0.15) is 0 Å². The van der Waals surface area contributed by atoms with Gasteiger partial charge in [0.05, 0.1) is 12.6 Å². The highest BCUT2D eigenvalue weighted by Gasteiger charge is 2.23. The van der Waals surface area contributed by atoms with Crippen LogP contribution in [0.4, 0.5) is 4.79 Å². The van der Waals surface area contributed by atoms with Gasteiger partial charge < -0.3 is 25.0 Å². The molecule has 2 rings (SSSR count). The molecule has 0 fully saturated rings. The molecule has 1 atom stereocenters. The number of hydrogen-bond donors (Lipinski definition) is 3. The molecule has 1 aliphatic heterocycles.